The Morgan fingerprint density at radius 2 is 1.80 bits per heavy atom. The number of thioether (sulfide) groups is 1. The lowest BCUT2D eigenvalue weighted by Gasteiger charge is -2.02. The minimum atomic E-state index is 0.790. The van der Waals surface area contributed by atoms with Crippen LogP contribution >= 0.6 is 11.8 Å². The van der Waals surface area contributed by atoms with Crippen LogP contribution in [0.1, 0.15) is 0 Å². The number of carbonyl (C=O) groups is 1. The molecule has 74 valence electrons. The molecule has 2 aromatic rings. The van der Waals surface area contributed by atoms with Crippen LogP contribution in [0.15, 0.2) is 58.8 Å². The van der Waals surface area contributed by atoms with Gasteiger partial charge >= 0.3 is 0 Å². The van der Waals surface area contributed by atoms with E-state index in [0.717, 1.165) is 6.29 Å². The minimum Gasteiger partial charge on any atom is -0.299 e. The van der Waals surface area contributed by atoms with Gasteiger partial charge in [0.25, 0.3) is 0 Å². The Morgan fingerprint density at radius 3 is 2.67 bits per heavy atom. The van der Waals surface area contributed by atoms with E-state index in [1.807, 2.05) is 18.2 Å². The lowest BCUT2D eigenvalue weighted by Crippen LogP contribution is -1.74. The first-order valence-electron chi connectivity index (χ1n) is 4.66. The van der Waals surface area contributed by atoms with Crippen molar-refractivity contribution >= 4 is 28.8 Å². The van der Waals surface area contributed by atoms with Crippen LogP contribution in [-0.2, 0) is 4.79 Å². The summed E-state index contributed by atoms with van der Waals surface area (Å²) in [5, 5.41) is 4.25. The first-order chi connectivity index (χ1) is 7.42. The van der Waals surface area contributed by atoms with Gasteiger partial charge in [-0.25, -0.2) is 0 Å². The predicted molar refractivity (Wildman–Crippen MR) is 65.0 cm³/mol. The van der Waals surface area contributed by atoms with Crippen molar-refractivity contribution in [2.45, 2.75) is 4.90 Å². The second-order valence-electron chi connectivity index (χ2n) is 3.06. The van der Waals surface area contributed by atoms with Crippen molar-refractivity contribution in [3.63, 3.8) is 0 Å². The van der Waals surface area contributed by atoms with Crippen molar-refractivity contribution in [2.75, 3.05) is 0 Å². The molecular weight excluding hydrogens is 204 g/mol. The maximum absolute atomic E-state index is 10.2. The topological polar surface area (TPSA) is 17.1 Å². The number of hydrogen-bond acceptors (Lipinski definition) is 2. The van der Waals surface area contributed by atoms with Gasteiger partial charge in [0.15, 0.2) is 0 Å². The molecular formula is C13H10OS. The Kier molecular flexibility index (Phi) is 3.20. The molecule has 0 radical (unpaired) electrons. The highest BCUT2D eigenvalue weighted by molar-refractivity contribution is 8.02. The summed E-state index contributed by atoms with van der Waals surface area (Å²) in [6, 6.07) is 14.4. The van der Waals surface area contributed by atoms with E-state index in [2.05, 4.69) is 24.3 Å². The van der Waals surface area contributed by atoms with Crippen molar-refractivity contribution in [2.24, 2.45) is 0 Å². The Labute approximate surface area is 92.8 Å². The zero-order valence-corrected chi connectivity index (χ0v) is 8.91. The second kappa shape index (κ2) is 4.80. The van der Waals surface area contributed by atoms with Crippen molar-refractivity contribution in [3.8, 4) is 0 Å². The molecule has 0 atom stereocenters. The quantitative estimate of drug-likeness (QED) is 0.441. The summed E-state index contributed by atoms with van der Waals surface area (Å²) in [7, 11) is 0. The van der Waals surface area contributed by atoms with Gasteiger partial charge in [0, 0.05) is 4.90 Å². The summed E-state index contributed by atoms with van der Waals surface area (Å²) in [5.74, 6) is 0. The smallest absolute Gasteiger partial charge is 0.143 e. The molecule has 0 N–H and O–H groups in total. The van der Waals surface area contributed by atoms with Crippen molar-refractivity contribution in [3.05, 3.63) is 53.9 Å². The third-order valence-electron chi connectivity index (χ3n) is 2.10. The molecule has 0 fully saturated rings. The normalized spacial score (nSPS) is 10.9. The zero-order valence-electron chi connectivity index (χ0n) is 8.09. The Bertz CT molecular complexity index is 497. The van der Waals surface area contributed by atoms with Gasteiger partial charge in [-0.1, -0.05) is 48.2 Å². The van der Waals surface area contributed by atoms with Gasteiger partial charge in [0.05, 0.1) is 0 Å². The number of benzene rings is 2. The number of aldehydes is 1. The van der Waals surface area contributed by atoms with E-state index in [-0.39, 0.29) is 0 Å². The number of fused-ring (bicyclic) bond motifs is 1. The van der Waals surface area contributed by atoms with Gasteiger partial charge in [0.1, 0.15) is 6.29 Å². The summed E-state index contributed by atoms with van der Waals surface area (Å²) in [5.41, 5.74) is 0. The number of hydrogen-bond donors (Lipinski definition) is 0. The van der Waals surface area contributed by atoms with E-state index in [4.69, 9.17) is 0 Å². The van der Waals surface area contributed by atoms with Gasteiger partial charge < -0.3 is 0 Å². The molecule has 2 rings (SSSR count). The Morgan fingerprint density at radius 1 is 1.00 bits per heavy atom. The third kappa shape index (κ3) is 2.28. The zero-order chi connectivity index (χ0) is 10.5. The predicted octanol–water partition coefficient (Wildman–Crippen LogP) is 3.64. The highest BCUT2D eigenvalue weighted by Crippen LogP contribution is 2.28. The first-order valence-corrected chi connectivity index (χ1v) is 5.54. The second-order valence-corrected chi connectivity index (χ2v) is 4.01. The van der Waals surface area contributed by atoms with E-state index < -0.39 is 0 Å². The maximum atomic E-state index is 10.2. The summed E-state index contributed by atoms with van der Waals surface area (Å²) >= 11 is 1.56. The van der Waals surface area contributed by atoms with Crippen LogP contribution in [0.3, 0.4) is 0 Å². The molecule has 2 aromatic carbocycles. The van der Waals surface area contributed by atoms with E-state index in [9.17, 15) is 4.79 Å². The fourth-order valence-corrected chi connectivity index (χ4v) is 2.20. The van der Waals surface area contributed by atoms with Crippen molar-refractivity contribution in [1.82, 2.24) is 0 Å². The van der Waals surface area contributed by atoms with E-state index in [0.29, 0.717) is 0 Å². The number of carbonyl (C=O) groups excluding carboxylic acids is 1. The molecule has 0 amide bonds. The third-order valence-corrected chi connectivity index (χ3v) is 3.00. The highest BCUT2D eigenvalue weighted by atomic mass is 32.2. The molecule has 0 bridgehead atoms. The largest absolute Gasteiger partial charge is 0.299 e. The molecule has 0 heterocycles. The summed E-state index contributed by atoms with van der Waals surface area (Å²) in [4.78, 5) is 11.3. The fraction of sp³-hybridized carbons (Fsp3) is 0. The van der Waals surface area contributed by atoms with Gasteiger partial charge in [-0.2, -0.15) is 0 Å². The monoisotopic (exact) mass is 214 g/mol. The molecule has 15 heavy (non-hydrogen) atoms. The van der Waals surface area contributed by atoms with Crippen LogP contribution in [0.5, 0.6) is 0 Å². The van der Waals surface area contributed by atoms with Crippen LogP contribution in [0.25, 0.3) is 10.8 Å². The average Bonchev–Trinajstić information content (AvgIpc) is 2.30. The van der Waals surface area contributed by atoms with Crippen LogP contribution in [0.2, 0.25) is 0 Å². The summed E-state index contributed by atoms with van der Waals surface area (Å²) in [6.07, 6.45) is 2.30. The molecule has 2 heteroatoms. The molecule has 0 spiro atoms. The van der Waals surface area contributed by atoms with Gasteiger partial charge in [0.2, 0.25) is 0 Å². The number of rotatable bonds is 3. The lowest BCUT2D eigenvalue weighted by atomic mass is 10.1. The molecule has 0 saturated heterocycles. The van der Waals surface area contributed by atoms with Crippen LogP contribution in [0, 0.1) is 0 Å². The lowest BCUT2D eigenvalue weighted by molar-refractivity contribution is -0.104. The number of allylic oxidation sites excluding steroid dienone is 1. The minimum absolute atomic E-state index is 0.790. The summed E-state index contributed by atoms with van der Waals surface area (Å²) < 4.78 is 0. The highest BCUT2D eigenvalue weighted by Gasteiger charge is 1.97. The maximum Gasteiger partial charge on any atom is 0.143 e. The van der Waals surface area contributed by atoms with E-state index >= 15 is 0 Å². The van der Waals surface area contributed by atoms with Crippen molar-refractivity contribution < 1.29 is 4.79 Å². The van der Waals surface area contributed by atoms with Crippen molar-refractivity contribution in [1.29, 1.82) is 0 Å². The standard InChI is InChI=1S/C13H10OS/c14-9-4-10-15-13-8-3-6-11-5-1-2-7-12(11)13/h1-10H/b10-4-. The molecule has 0 aliphatic carbocycles. The first kappa shape index (κ1) is 9.99. The van der Waals surface area contributed by atoms with Gasteiger partial charge in [-0.05, 0) is 28.3 Å². The Balaban J connectivity index is 2.42. The molecule has 0 saturated carbocycles. The Hall–Kier alpha value is -1.54. The summed E-state index contributed by atoms with van der Waals surface area (Å²) in [6.45, 7) is 0. The molecule has 0 aliphatic heterocycles. The average molecular weight is 214 g/mol. The van der Waals surface area contributed by atoms with Gasteiger partial charge in [-0.15, -0.1) is 0 Å². The molecule has 1 nitrogen and oxygen atoms in total. The van der Waals surface area contributed by atoms with E-state index in [1.54, 1.807) is 17.2 Å². The van der Waals surface area contributed by atoms with Crippen LogP contribution < -0.4 is 0 Å². The van der Waals surface area contributed by atoms with Crippen LogP contribution in [0.4, 0.5) is 0 Å². The van der Waals surface area contributed by atoms with E-state index in [1.165, 1.54) is 21.7 Å². The van der Waals surface area contributed by atoms with Crippen LogP contribution in [-0.4, -0.2) is 6.29 Å². The molecule has 0 aliphatic rings. The fourth-order valence-electron chi connectivity index (χ4n) is 1.44. The molecule has 0 aromatic heterocycles. The van der Waals surface area contributed by atoms with Gasteiger partial charge in [-0.3, -0.25) is 4.79 Å². The SMILES string of the molecule is O=C/C=C\Sc1cccc2ccccc12. The molecule has 0 unspecified atom stereocenters.